The fraction of sp³-hybridized carbons (Fsp3) is 0.690. The summed E-state index contributed by atoms with van der Waals surface area (Å²) in [7, 11) is 0. The minimum atomic E-state index is -0.807. The van der Waals surface area contributed by atoms with Gasteiger partial charge in [0, 0.05) is 51.7 Å². The molecule has 4 amide bonds. The number of thioether (sulfide) groups is 1. The monoisotopic (exact) mass is 1290 g/mol. The number of nitrogens with zero attached hydrogens (tertiary/aromatic N) is 3. The molecule has 3 heterocycles. The third-order valence-corrected chi connectivity index (χ3v) is 19.4. The van der Waals surface area contributed by atoms with Crippen LogP contribution in [0.25, 0.3) is 16.7 Å². The van der Waals surface area contributed by atoms with Gasteiger partial charge in [0.25, 0.3) is 0 Å². The van der Waals surface area contributed by atoms with E-state index in [-0.39, 0.29) is 124 Å². The second-order valence-corrected chi connectivity index (χ2v) is 33.3. The minimum Gasteiger partial charge on any atom is -0.587 e. The number of hydrogen-bond donors (Lipinski definition) is 2. The van der Waals surface area contributed by atoms with Crippen molar-refractivity contribution in [3.63, 3.8) is 0 Å². The standard InChI is InChI=1S/C63H104N4O8S.C8H5NO2.Zn/c1-26-63(24,25)57(72)73-27-28-76-38(8)53(68)66-51-47(54(69)74-49-39(58(9,10)11)29-36(6)30-40(49)59(12,13)14)45(34(2)3)43(64-51)33-44-46(35(4)5)48(52(65-44)67-56(71)62(21,22)23)55(70)75-50-41(60(15,16)17)31-37(7)32-42(50)61(18,19)20;10-7-5-3-1-2-4-6(5)8(11)9-7;/h33-42,49-50H,26-32H2,1-25H3,(H3,64,65,66,67,68,69,70,71);1-4H,(H,9,10,11);/q;;+2/p-2. The zero-order valence-electron chi connectivity index (χ0n) is 58.2. The number of fused-ring (bicyclic) bond motifs is 1. The number of aromatic amines is 1. The predicted octanol–water partition coefficient (Wildman–Crippen LogP) is 17.1. The van der Waals surface area contributed by atoms with Crippen LogP contribution in [0.4, 0.5) is 5.82 Å². The van der Waals surface area contributed by atoms with Gasteiger partial charge in [-0.05, 0) is 127 Å². The van der Waals surface area contributed by atoms with Crippen molar-refractivity contribution in [1.29, 1.82) is 0 Å². The first-order chi connectivity index (χ1) is 39.8. The maximum atomic E-state index is 15.4. The number of benzene rings is 1. The Hall–Kier alpha value is -4.89. The van der Waals surface area contributed by atoms with Gasteiger partial charge in [-0.25, -0.2) is 9.59 Å². The average Bonchev–Trinajstić information content (AvgIpc) is 2.47. The number of ether oxygens (including phenoxy) is 3. The Kier molecular flexibility index (Phi) is 25.0. The van der Waals surface area contributed by atoms with Crippen LogP contribution in [-0.2, 0) is 52.9 Å². The van der Waals surface area contributed by atoms with E-state index in [0.29, 0.717) is 57.7 Å². The van der Waals surface area contributed by atoms with Crippen molar-refractivity contribution < 1.29 is 67.3 Å². The van der Waals surface area contributed by atoms with E-state index < -0.39 is 51.8 Å². The van der Waals surface area contributed by atoms with Gasteiger partial charge in [0.15, 0.2) is 5.91 Å². The van der Waals surface area contributed by atoms with E-state index in [1.54, 1.807) is 31.2 Å². The molecule has 15 nitrogen and oxygen atoms in total. The molecular formula is C71H107N5O10SZn. The number of amides is 4. The van der Waals surface area contributed by atoms with Gasteiger partial charge in [-0.15, -0.1) is 11.8 Å². The molecule has 2 aromatic rings. The summed E-state index contributed by atoms with van der Waals surface area (Å²) in [6, 6.07) is 6.63. The minimum absolute atomic E-state index is 0. The largest absolute Gasteiger partial charge is 2.00 e. The summed E-state index contributed by atoms with van der Waals surface area (Å²) in [6.45, 7) is 52.1. The van der Waals surface area contributed by atoms with Gasteiger partial charge in [-0.2, -0.15) is 0 Å². The van der Waals surface area contributed by atoms with Gasteiger partial charge in [0.1, 0.15) is 30.2 Å². The molecular weight excluding hydrogens is 1180 g/mol. The molecule has 4 aliphatic rings. The van der Waals surface area contributed by atoms with Crippen LogP contribution < -0.4 is 5.32 Å². The quantitative estimate of drug-likeness (QED) is 0.0562. The normalized spacial score (nSPS) is 24.0. The van der Waals surface area contributed by atoms with Crippen LogP contribution in [-0.4, -0.2) is 82.2 Å². The molecule has 1 aromatic carbocycles. The number of imide groups is 1. The van der Waals surface area contributed by atoms with Crippen LogP contribution in [0.3, 0.4) is 0 Å². The SMILES string of the molecule is CCC(C)(C)C(=O)OCCSC(C)C(=O)N=C1[N-]/C(=C\c2[nH]c(NC(=O)C(C)(C)C)c(C(=O)OC3C(C(C)(C)C)CC(C)CC3C(C)(C)C)c2C(C)C)C(C(C)C)=C1C(=O)OC1C(C(C)(C)C)CC(C)CC1C(C)(C)C.O=C1[N-]C(=O)c2ccccc21.[Zn+2]. The second-order valence-electron chi connectivity index (χ2n) is 31.9. The van der Waals surface area contributed by atoms with Crippen molar-refractivity contribution in [1.82, 2.24) is 4.98 Å². The maximum absolute atomic E-state index is 15.4. The summed E-state index contributed by atoms with van der Waals surface area (Å²) >= 11 is 1.31. The third kappa shape index (κ3) is 18.4. The Morgan fingerprint density at radius 1 is 0.682 bits per heavy atom. The summed E-state index contributed by atoms with van der Waals surface area (Å²) in [6.07, 6.45) is 5.28. The maximum Gasteiger partial charge on any atom is 2.00 e. The molecule has 5 unspecified atom stereocenters. The fourth-order valence-corrected chi connectivity index (χ4v) is 13.3. The van der Waals surface area contributed by atoms with Gasteiger partial charge < -0.3 is 49.7 Å². The van der Waals surface area contributed by atoms with E-state index >= 15 is 9.59 Å². The van der Waals surface area contributed by atoms with Gasteiger partial charge in [-0.1, -0.05) is 177 Å². The molecule has 2 aliphatic heterocycles. The van der Waals surface area contributed by atoms with Crippen molar-refractivity contribution in [2.75, 3.05) is 17.7 Å². The number of esters is 3. The number of allylic oxidation sites excluding steroid dienone is 1. The molecule has 2 aliphatic carbocycles. The van der Waals surface area contributed by atoms with Crippen LogP contribution in [0.15, 0.2) is 46.1 Å². The van der Waals surface area contributed by atoms with Crippen LogP contribution >= 0.6 is 11.8 Å². The van der Waals surface area contributed by atoms with Gasteiger partial charge in [0.05, 0.1) is 28.1 Å². The Morgan fingerprint density at radius 3 is 1.52 bits per heavy atom. The van der Waals surface area contributed by atoms with Gasteiger partial charge >= 0.3 is 37.4 Å². The first-order valence-electron chi connectivity index (χ1n) is 31.8. The Labute approximate surface area is 545 Å². The number of carbonyl (C=O) groups excluding carboxylic acids is 7. The second kappa shape index (κ2) is 29.2. The van der Waals surface area contributed by atoms with E-state index in [1.165, 1.54) is 11.8 Å². The van der Waals surface area contributed by atoms with Gasteiger partial charge in [-0.3, -0.25) is 14.4 Å². The fourth-order valence-electron chi connectivity index (χ4n) is 12.6. The molecule has 484 valence electrons. The van der Waals surface area contributed by atoms with E-state index in [4.69, 9.17) is 19.5 Å². The molecule has 2 N–H and O–H groups in total. The Balaban J connectivity index is 0.00000123. The number of nitrogens with one attached hydrogen (secondary N) is 2. The van der Waals surface area contributed by atoms with E-state index in [2.05, 4.69) is 118 Å². The van der Waals surface area contributed by atoms with E-state index in [9.17, 15) is 24.0 Å². The summed E-state index contributed by atoms with van der Waals surface area (Å²) in [5, 5.41) is 10.8. The number of rotatable bonds is 15. The number of anilines is 1. The number of aromatic nitrogens is 1. The number of amidine groups is 1. The molecule has 6 rings (SSSR count). The van der Waals surface area contributed by atoms with Crippen LogP contribution in [0.2, 0.25) is 0 Å². The summed E-state index contributed by atoms with van der Waals surface area (Å²) in [5.74, 6) is -1.88. The number of hydrogen-bond acceptors (Lipinski definition) is 11. The molecule has 17 heteroatoms. The van der Waals surface area contributed by atoms with Crippen molar-refractivity contribution in [2.24, 2.45) is 78.9 Å². The van der Waals surface area contributed by atoms with Crippen molar-refractivity contribution in [3.8, 4) is 0 Å². The van der Waals surface area contributed by atoms with Crippen LogP contribution in [0.5, 0.6) is 0 Å². The van der Waals surface area contributed by atoms with E-state index in [0.717, 1.165) is 25.7 Å². The Morgan fingerprint density at radius 2 is 1.12 bits per heavy atom. The van der Waals surface area contributed by atoms with Crippen LogP contribution in [0.1, 0.15) is 253 Å². The topological polar surface area (TPSA) is 216 Å². The van der Waals surface area contributed by atoms with Crippen molar-refractivity contribution in [2.45, 2.75) is 229 Å². The van der Waals surface area contributed by atoms with Crippen molar-refractivity contribution in [3.05, 3.63) is 79.7 Å². The molecule has 0 bridgehead atoms. The predicted molar refractivity (Wildman–Crippen MR) is 352 cm³/mol. The smallest absolute Gasteiger partial charge is 0.587 e. The summed E-state index contributed by atoms with van der Waals surface area (Å²) in [5.41, 5.74) is 1.19. The van der Waals surface area contributed by atoms with Gasteiger partial charge in [0.2, 0.25) is 5.91 Å². The first kappa shape index (κ1) is 75.6. The summed E-state index contributed by atoms with van der Waals surface area (Å²) in [4.78, 5) is 102. The molecule has 0 radical (unpaired) electrons. The van der Waals surface area contributed by atoms with Crippen molar-refractivity contribution >= 4 is 71.0 Å². The zero-order valence-corrected chi connectivity index (χ0v) is 62.0. The third-order valence-electron chi connectivity index (χ3n) is 18.3. The molecule has 88 heavy (non-hydrogen) atoms. The molecule has 0 saturated heterocycles. The summed E-state index contributed by atoms with van der Waals surface area (Å²) < 4.78 is 19.3. The number of carbonyl (C=O) groups is 7. The zero-order chi connectivity index (χ0) is 66.0. The first-order valence-corrected chi connectivity index (χ1v) is 32.8. The molecule has 2 fully saturated rings. The molecule has 2 saturated carbocycles. The van der Waals surface area contributed by atoms with Crippen LogP contribution in [0, 0.1) is 73.9 Å². The Bertz CT molecular complexity index is 2910. The average molecular weight is 1290 g/mol. The number of aliphatic imine (C=N–C) groups is 1. The molecule has 1 aromatic heterocycles. The molecule has 0 spiro atoms. The number of H-pyrrole nitrogens is 1. The molecule has 5 atom stereocenters. The van der Waals surface area contributed by atoms with E-state index in [1.807, 2.05) is 75.3 Å².